The van der Waals surface area contributed by atoms with Gasteiger partial charge in [-0.25, -0.2) is 4.98 Å². The van der Waals surface area contributed by atoms with Crippen LogP contribution in [0.1, 0.15) is 18.0 Å². The van der Waals surface area contributed by atoms with E-state index in [1.807, 2.05) is 52.8 Å². The number of carbonyl (C=O) groups excluding carboxylic acids is 1. The molecule has 0 spiro atoms. The van der Waals surface area contributed by atoms with Crippen LogP contribution in [-0.4, -0.2) is 15.5 Å². The molecule has 0 saturated carbocycles. The van der Waals surface area contributed by atoms with Crippen LogP contribution in [0.5, 0.6) is 0 Å². The highest BCUT2D eigenvalue weighted by Crippen LogP contribution is 2.29. The number of amides is 1. The topological polar surface area (TPSA) is 46.9 Å². The molecule has 0 aromatic carbocycles. The monoisotopic (exact) mass is 385 g/mol. The van der Waals surface area contributed by atoms with E-state index in [-0.39, 0.29) is 11.9 Å². The average molecular weight is 386 g/mol. The van der Waals surface area contributed by atoms with Crippen molar-refractivity contribution in [1.82, 2.24) is 9.55 Å². The summed E-state index contributed by atoms with van der Waals surface area (Å²) in [6.07, 6.45) is 4.36. The van der Waals surface area contributed by atoms with Gasteiger partial charge in [0.25, 0.3) is 0 Å². The maximum Gasteiger partial charge on any atom is 0.228 e. The van der Waals surface area contributed by atoms with Crippen molar-refractivity contribution >= 4 is 45.0 Å². The highest BCUT2D eigenvalue weighted by atomic mass is 32.1. The molecule has 4 nitrogen and oxygen atoms in total. The van der Waals surface area contributed by atoms with E-state index in [0.29, 0.717) is 11.6 Å². The number of thiazole rings is 1. The molecule has 4 aromatic heterocycles. The summed E-state index contributed by atoms with van der Waals surface area (Å²) in [6.45, 7) is 0. The lowest BCUT2D eigenvalue weighted by molar-refractivity contribution is -0.116. The standard InChI is InChI=1S/C18H15N3OS3/c22-17(20-18-19-14(12-25-18)16-4-3-8-24-16)10-15(13-5-9-23-11-13)21-6-1-2-7-21/h1-9,11-12,15H,10H2,(H,19,20,22). The molecule has 1 unspecified atom stereocenters. The number of anilines is 1. The first-order valence-electron chi connectivity index (χ1n) is 7.73. The maximum absolute atomic E-state index is 12.6. The van der Waals surface area contributed by atoms with Gasteiger partial charge >= 0.3 is 0 Å². The van der Waals surface area contributed by atoms with E-state index in [1.165, 1.54) is 11.3 Å². The Morgan fingerprint density at radius 2 is 2.00 bits per heavy atom. The summed E-state index contributed by atoms with van der Waals surface area (Å²) in [5, 5.41) is 11.7. The highest BCUT2D eigenvalue weighted by Gasteiger charge is 2.18. The first-order valence-corrected chi connectivity index (χ1v) is 10.4. The molecule has 1 atom stereocenters. The summed E-state index contributed by atoms with van der Waals surface area (Å²) in [6, 6.07) is 10.1. The quantitative estimate of drug-likeness (QED) is 0.486. The Balaban J connectivity index is 1.47. The average Bonchev–Trinajstić information content (AvgIpc) is 3.42. The number of aromatic nitrogens is 2. The first kappa shape index (κ1) is 16.3. The van der Waals surface area contributed by atoms with E-state index in [0.717, 1.165) is 16.1 Å². The molecule has 0 radical (unpaired) electrons. The van der Waals surface area contributed by atoms with Crippen molar-refractivity contribution in [1.29, 1.82) is 0 Å². The lowest BCUT2D eigenvalue weighted by atomic mass is 10.1. The van der Waals surface area contributed by atoms with E-state index < -0.39 is 0 Å². The van der Waals surface area contributed by atoms with Crippen molar-refractivity contribution in [2.24, 2.45) is 0 Å². The predicted molar refractivity (Wildman–Crippen MR) is 106 cm³/mol. The van der Waals surface area contributed by atoms with Crippen molar-refractivity contribution in [3.05, 3.63) is 69.8 Å². The van der Waals surface area contributed by atoms with Crippen LogP contribution in [0.15, 0.2) is 64.2 Å². The minimum Gasteiger partial charge on any atom is -0.346 e. The second kappa shape index (κ2) is 7.35. The Hall–Kier alpha value is -2.22. The fourth-order valence-corrected chi connectivity index (χ4v) is 4.82. The van der Waals surface area contributed by atoms with Gasteiger partial charge < -0.3 is 9.88 Å². The fraction of sp³-hybridized carbons (Fsp3) is 0.111. The molecule has 4 heterocycles. The third-order valence-electron chi connectivity index (χ3n) is 3.82. The van der Waals surface area contributed by atoms with Crippen LogP contribution >= 0.6 is 34.0 Å². The van der Waals surface area contributed by atoms with Gasteiger partial charge in [0.1, 0.15) is 0 Å². The molecule has 0 aliphatic rings. The maximum atomic E-state index is 12.6. The molecule has 0 aliphatic heterocycles. The number of nitrogens with one attached hydrogen (secondary N) is 1. The summed E-state index contributed by atoms with van der Waals surface area (Å²) in [4.78, 5) is 18.2. The number of nitrogens with zero attached hydrogens (tertiary/aromatic N) is 2. The Morgan fingerprint density at radius 1 is 1.12 bits per heavy atom. The van der Waals surface area contributed by atoms with Crippen LogP contribution < -0.4 is 5.32 Å². The normalized spacial score (nSPS) is 12.2. The molecular weight excluding hydrogens is 370 g/mol. The fourth-order valence-electron chi connectivity index (χ4n) is 2.63. The van der Waals surface area contributed by atoms with E-state index in [9.17, 15) is 4.79 Å². The second-order valence-corrected chi connectivity index (χ2v) is 8.06. The molecule has 4 aromatic rings. The third-order valence-corrected chi connectivity index (χ3v) is 6.17. The summed E-state index contributed by atoms with van der Waals surface area (Å²) in [7, 11) is 0. The number of hydrogen-bond donors (Lipinski definition) is 1. The van der Waals surface area contributed by atoms with Crippen LogP contribution in [0.4, 0.5) is 5.13 Å². The Kier molecular flexibility index (Phi) is 4.78. The summed E-state index contributed by atoms with van der Waals surface area (Å²) >= 11 is 4.75. The summed E-state index contributed by atoms with van der Waals surface area (Å²) < 4.78 is 2.07. The zero-order valence-corrected chi connectivity index (χ0v) is 15.6. The molecule has 1 N–H and O–H groups in total. The van der Waals surface area contributed by atoms with Gasteiger partial charge in [-0.05, 0) is 46.0 Å². The van der Waals surface area contributed by atoms with E-state index in [1.54, 1.807) is 22.7 Å². The van der Waals surface area contributed by atoms with Gasteiger partial charge in [0, 0.05) is 17.8 Å². The largest absolute Gasteiger partial charge is 0.346 e. The van der Waals surface area contributed by atoms with Crippen molar-refractivity contribution in [2.45, 2.75) is 12.5 Å². The van der Waals surface area contributed by atoms with Crippen LogP contribution in [0.3, 0.4) is 0 Å². The van der Waals surface area contributed by atoms with Crippen molar-refractivity contribution in [3.63, 3.8) is 0 Å². The molecule has 25 heavy (non-hydrogen) atoms. The lowest BCUT2D eigenvalue weighted by Gasteiger charge is -2.17. The minimum absolute atomic E-state index is 0.00187. The zero-order valence-electron chi connectivity index (χ0n) is 13.2. The van der Waals surface area contributed by atoms with Crippen molar-refractivity contribution in [2.75, 3.05) is 5.32 Å². The third kappa shape index (κ3) is 3.73. The van der Waals surface area contributed by atoms with E-state index >= 15 is 0 Å². The molecule has 0 saturated heterocycles. The smallest absolute Gasteiger partial charge is 0.228 e. The summed E-state index contributed by atoms with van der Waals surface area (Å²) in [5.74, 6) is -0.0306. The van der Waals surface area contributed by atoms with Gasteiger partial charge in [-0.3, -0.25) is 4.79 Å². The van der Waals surface area contributed by atoms with Crippen LogP contribution in [-0.2, 0) is 4.79 Å². The molecule has 126 valence electrons. The van der Waals surface area contributed by atoms with Crippen LogP contribution in [0.25, 0.3) is 10.6 Å². The summed E-state index contributed by atoms with van der Waals surface area (Å²) in [5.41, 5.74) is 2.06. The van der Waals surface area contributed by atoms with Gasteiger partial charge in [-0.2, -0.15) is 11.3 Å². The van der Waals surface area contributed by atoms with E-state index in [4.69, 9.17) is 0 Å². The predicted octanol–water partition coefficient (Wildman–Crippen LogP) is 5.35. The van der Waals surface area contributed by atoms with Gasteiger partial charge in [0.15, 0.2) is 5.13 Å². The van der Waals surface area contributed by atoms with Crippen molar-refractivity contribution in [3.8, 4) is 10.6 Å². The van der Waals surface area contributed by atoms with Crippen LogP contribution in [0, 0.1) is 0 Å². The van der Waals surface area contributed by atoms with E-state index in [2.05, 4.69) is 26.3 Å². The van der Waals surface area contributed by atoms with Crippen molar-refractivity contribution < 1.29 is 4.79 Å². The lowest BCUT2D eigenvalue weighted by Crippen LogP contribution is -2.19. The molecule has 4 rings (SSSR count). The highest BCUT2D eigenvalue weighted by molar-refractivity contribution is 7.16. The number of carbonyl (C=O) groups is 1. The van der Waals surface area contributed by atoms with Gasteiger partial charge in [-0.15, -0.1) is 22.7 Å². The first-order chi connectivity index (χ1) is 12.3. The number of hydrogen-bond acceptors (Lipinski definition) is 5. The van der Waals surface area contributed by atoms with Gasteiger partial charge in [0.05, 0.1) is 23.0 Å². The molecule has 1 amide bonds. The molecular formula is C18H15N3OS3. The SMILES string of the molecule is O=C(CC(c1ccsc1)n1cccc1)Nc1nc(-c2cccs2)cs1. The second-order valence-electron chi connectivity index (χ2n) is 5.47. The number of thiophene rings is 2. The molecule has 7 heteroatoms. The molecule has 0 fully saturated rings. The molecule has 0 aliphatic carbocycles. The Morgan fingerprint density at radius 3 is 2.72 bits per heavy atom. The number of rotatable bonds is 6. The van der Waals surface area contributed by atoms with Gasteiger partial charge in [-0.1, -0.05) is 6.07 Å². The molecule has 0 bridgehead atoms. The minimum atomic E-state index is -0.0306. The Labute approximate surface area is 157 Å². The van der Waals surface area contributed by atoms with Gasteiger partial charge in [0.2, 0.25) is 5.91 Å². The Bertz CT molecular complexity index is 890. The van der Waals surface area contributed by atoms with Crippen LogP contribution in [0.2, 0.25) is 0 Å². The zero-order chi connectivity index (χ0) is 17.1.